The molecule has 0 aliphatic rings. The maximum absolute atomic E-state index is 4.43. The van der Waals surface area contributed by atoms with Crippen LogP contribution in [0.1, 0.15) is 30.3 Å². The predicted molar refractivity (Wildman–Crippen MR) is 86.9 cm³/mol. The third-order valence-electron chi connectivity index (χ3n) is 3.47. The van der Waals surface area contributed by atoms with Gasteiger partial charge in [-0.2, -0.15) is 0 Å². The van der Waals surface area contributed by atoms with Crippen molar-refractivity contribution in [1.82, 2.24) is 19.8 Å². The average molecular weight is 286 g/mol. The molecule has 1 aromatic carbocycles. The molecule has 1 aromatic heterocycles. The molecular weight excluding hydrogens is 260 g/mol. The van der Waals surface area contributed by atoms with Gasteiger partial charge in [0.2, 0.25) is 0 Å². The van der Waals surface area contributed by atoms with Crippen LogP contribution in [0, 0.1) is 0 Å². The van der Waals surface area contributed by atoms with Crippen molar-refractivity contribution < 1.29 is 0 Å². The summed E-state index contributed by atoms with van der Waals surface area (Å²) in [5.41, 5.74) is 2.74. The highest BCUT2D eigenvalue weighted by Gasteiger charge is 2.05. The van der Waals surface area contributed by atoms with Gasteiger partial charge in [0.1, 0.15) is 5.82 Å². The van der Waals surface area contributed by atoms with E-state index in [1.54, 1.807) is 0 Å². The highest BCUT2D eigenvalue weighted by Crippen LogP contribution is 2.10. The number of benzene rings is 1. The van der Waals surface area contributed by atoms with Crippen LogP contribution >= 0.6 is 0 Å². The van der Waals surface area contributed by atoms with Gasteiger partial charge in [0, 0.05) is 32.0 Å². The molecule has 0 fully saturated rings. The fourth-order valence-electron chi connectivity index (χ4n) is 2.49. The summed E-state index contributed by atoms with van der Waals surface area (Å²) in [5.74, 6) is 1.11. The van der Waals surface area contributed by atoms with E-state index in [-0.39, 0.29) is 0 Å². The van der Waals surface area contributed by atoms with Gasteiger partial charge in [-0.1, -0.05) is 31.2 Å². The van der Waals surface area contributed by atoms with E-state index < -0.39 is 0 Å². The SMILES string of the molecule is CCCn1ccnc1CNCc1ccccc1CN(C)C. The van der Waals surface area contributed by atoms with E-state index in [4.69, 9.17) is 0 Å². The molecular formula is C17H26N4. The first-order valence-corrected chi connectivity index (χ1v) is 7.63. The van der Waals surface area contributed by atoms with Crippen molar-refractivity contribution in [2.24, 2.45) is 0 Å². The number of rotatable bonds is 8. The van der Waals surface area contributed by atoms with E-state index in [2.05, 4.69) is 71.2 Å². The number of nitrogens with one attached hydrogen (secondary N) is 1. The minimum absolute atomic E-state index is 0.809. The first kappa shape index (κ1) is 15.7. The Morgan fingerprint density at radius 1 is 1.14 bits per heavy atom. The smallest absolute Gasteiger partial charge is 0.122 e. The lowest BCUT2D eigenvalue weighted by Gasteiger charge is -2.15. The second-order valence-electron chi connectivity index (χ2n) is 5.65. The maximum atomic E-state index is 4.43. The molecule has 0 spiro atoms. The van der Waals surface area contributed by atoms with E-state index in [1.165, 1.54) is 11.1 Å². The van der Waals surface area contributed by atoms with Gasteiger partial charge in [-0.25, -0.2) is 4.98 Å². The van der Waals surface area contributed by atoms with Crippen LogP contribution in [0.2, 0.25) is 0 Å². The van der Waals surface area contributed by atoms with Crippen LogP contribution in [-0.4, -0.2) is 28.5 Å². The van der Waals surface area contributed by atoms with Gasteiger partial charge < -0.3 is 14.8 Å². The van der Waals surface area contributed by atoms with Crippen molar-refractivity contribution in [3.05, 3.63) is 53.6 Å². The second-order valence-corrected chi connectivity index (χ2v) is 5.65. The zero-order valence-electron chi connectivity index (χ0n) is 13.3. The number of aryl methyl sites for hydroxylation is 1. The van der Waals surface area contributed by atoms with E-state index in [0.717, 1.165) is 38.4 Å². The molecule has 0 aliphatic heterocycles. The Labute approximate surface area is 127 Å². The van der Waals surface area contributed by atoms with Crippen molar-refractivity contribution in [3.8, 4) is 0 Å². The number of imidazole rings is 1. The minimum atomic E-state index is 0.809. The summed E-state index contributed by atoms with van der Waals surface area (Å²) in [5, 5.41) is 3.51. The molecule has 0 saturated carbocycles. The summed E-state index contributed by atoms with van der Waals surface area (Å²) in [6, 6.07) is 8.61. The summed E-state index contributed by atoms with van der Waals surface area (Å²) >= 11 is 0. The molecule has 0 radical (unpaired) electrons. The van der Waals surface area contributed by atoms with Gasteiger partial charge in [0.25, 0.3) is 0 Å². The molecule has 0 amide bonds. The zero-order valence-corrected chi connectivity index (χ0v) is 13.3. The van der Waals surface area contributed by atoms with Crippen molar-refractivity contribution in [3.63, 3.8) is 0 Å². The zero-order chi connectivity index (χ0) is 15.1. The number of nitrogens with zero attached hydrogens (tertiary/aromatic N) is 3. The molecule has 0 unspecified atom stereocenters. The standard InChI is InChI=1S/C17H26N4/c1-4-10-21-11-9-19-17(21)13-18-12-15-7-5-6-8-16(15)14-20(2)3/h5-9,11,18H,4,10,12-14H2,1-3H3. The fraction of sp³-hybridized carbons (Fsp3) is 0.471. The summed E-state index contributed by atoms with van der Waals surface area (Å²) in [4.78, 5) is 6.63. The number of hydrogen-bond donors (Lipinski definition) is 1. The van der Waals surface area contributed by atoms with Crippen LogP contribution in [0.25, 0.3) is 0 Å². The van der Waals surface area contributed by atoms with Crippen LogP contribution in [0.3, 0.4) is 0 Å². The molecule has 1 heterocycles. The lowest BCUT2D eigenvalue weighted by molar-refractivity contribution is 0.400. The average Bonchev–Trinajstić information content (AvgIpc) is 2.88. The first-order valence-electron chi connectivity index (χ1n) is 7.63. The third kappa shape index (κ3) is 4.69. The Morgan fingerprint density at radius 3 is 2.62 bits per heavy atom. The number of hydrogen-bond acceptors (Lipinski definition) is 3. The third-order valence-corrected chi connectivity index (χ3v) is 3.47. The molecule has 114 valence electrons. The fourth-order valence-corrected chi connectivity index (χ4v) is 2.49. The van der Waals surface area contributed by atoms with Crippen LogP contribution in [0.4, 0.5) is 0 Å². The van der Waals surface area contributed by atoms with Gasteiger partial charge in [0.05, 0.1) is 6.54 Å². The molecule has 1 N–H and O–H groups in total. The first-order chi connectivity index (χ1) is 10.2. The van der Waals surface area contributed by atoms with Crippen LogP contribution in [0.5, 0.6) is 0 Å². The molecule has 21 heavy (non-hydrogen) atoms. The van der Waals surface area contributed by atoms with Crippen molar-refractivity contribution in [2.45, 2.75) is 39.5 Å². The van der Waals surface area contributed by atoms with Gasteiger partial charge in [0.15, 0.2) is 0 Å². The van der Waals surface area contributed by atoms with E-state index in [9.17, 15) is 0 Å². The summed E-state index contributed by atoms with van der Waals surface area (Å²) < 4.78 is 2.22. The van der Waals surface area contributed by atoms with Gasteiger partial charge in [-0.15, -0.1) is 0 Å². The summed E-state index contributed by atoms with van der Waals surface area (Å²) in [7, 11) is 4.21. The van der Waals surface area contributed by atoms with Crippen molar-refractivity contribution >= 4 is 0 Å². The molecule has 2 aromatic rings. The summed E-state index contributed by atoms with van der Waals surface area (Å²) in [6.07, 6.45) is 5.07. The normalized spacial score (nSPS) is 11.2. The molecule has 4 nitrogen and oxygen atoms in total. The van der Waals surface area contributed by atoms with E-state index >= 15 is 0 Å². The number of aromatic nitrogens is 2. The van der Waals surface area contributed by atoms with Crippen LogP contribution in [0.15, 0.2) is 36.7 Å². The van der Waals surface area contributed by atoms with E-state index in [0.29, 0.717) is 0 Å². The van der Waals surface area contributed by atoms with Crippen LogP contribution < -0.4 is 5.32 Å². The Hall–Kier alpha value is -1.65. The topological polar surface area (TPSA) is 33.1 Å². The molecule has 0 bridgehead atoms. The molecule has 0 aliphatic carbocycles. The minimum Gasteiger partial charge on any atom is -0.334 e. The quantitative estimate of drug-likeness (QED) is 0.810. The second kappa shape index (κ2) is 7.96. The Morgan fingerprint density at radius 2 is 1.90 bits per heavy atom. The van der Waals surface area contributed by atoms with Gasteiger partial charge >= 0.3 is 0 Å². The highest BCUT2D eigenvalue weighted by molar-refractivity contribution is 5.26. The molecule has 4 heteroatoms. The summed E-state index contributed by atoms with van der Waals surface area (Å²) in [6.45, 7) is 5.89. The Balaban J connectivity index is 1.92. The van der Waals surface area contributed by atoms with Crippen molar-refractivity contribution in [2.75, 3.05) is 14.1 Å². The molecule has 0 atom stereocenters. The largest absolute Gasteiger partial charge is 0.334 e. The lowest BCUT2D eigenvalue weighted by Crippen LogP contribution is -2.19. The Bertz CT molecular complexity index is 545. The highest BCUT2D eigenvalue weighted by atomic mass is 15.1. The predicted octanol–water partition coefficient (Wildman–Crippen LogP) is 2.64. The molecule has 2 rings (SSSR count). The van der Waals surface area contributed by atoms with Gasteiger partial charge in [-0.3, -0.25) is 0 Å². The monoisotopic (exact) mass is 286 g/mol. The van der Waals surface area contributed by atoms with Crippen LogP contribution in [-0.2, 0) is 26.2 Å². The van der Waals surface area contributed by atoms with E-state index in [1.807, 2.05) is 6.20 Å². The van der Waals surface area contributed by atoms with Crippen molar-refractivity contribution in [1.29, 1.82) is 0 Å². The molecule has 0 saturated heterocycles. The lowest BCUT2D eigenvalue weighted by atomic mass is 10.1. The maximum Gasteiger partial charge on any atom is 0.122 e. The van der Waals surface area contributed by atoms with Gasteiger partial charge in [-0.05, 0) is 31.6 Å². The Kier molecular flexibility index (Phi) is 5.96.